The summed E-state index contributed by atoms with van der Waals surface area (Å²) in [5, 5.41) is 9.41. The van der Waals surface area contributed by atoms with E-state index in [1.165, 1.54) is 11.9 Å². The smallest absolute Gasteiger partial charge is 0.239 e. The Morgan fingerprint density at radius 3 is 2.58 bits per heavy atom. The molecule has 1 N–H and O–H groups in total. The van der Waals surface area contributed by atoms with Gasteiger partial charge in [0.25, 0.3) is 0 Å². The molecule has 31 heavy (non-hydrogen) atoms. The number of nitrogens with zero attached hydrogens (tertiary/aromatic N) is 5. The minimum atomic E-state index is 0.144. The van der Waals surface area contributed by atoms with Gasteiger partial charge in [0.15, 0.2) is 0 Å². The Hall–Kier alpha value is -2.56. The quantitative estimate of drug-likeness (QED) is 0.378. The summed E-state index contributed by atoms with van der Waals surface area (Å²) in [4.78, 5) is 8.45. The van der Waals surface area contributed by atoms with Crippen molar-refractivity contribution in [3.05, 3.63) is 47.3 Å². The zero-order valence-corrected chi connectivity index (χ0v) is 18.8. The topological polar surface area (TPSA) is 96.2 Å². The number of aromatic nitrogens is 5. The van der Waals surface area contributed by atoms with Gasteiger partial charge in [-0.25, -0.2) is 9.97 Å². The van der Waals surface area contributed by atoms with Gasteiger partial charge in [0, 0.05) is 37.1 Å². The van der Waals surface area contributed by atoms with E-state index in [4.69, 9.17) is 25.8 Å². The van der Waals surface area contributed by atoms with Gasteiger partial charge in [0.05, 0.1) is 25.8 Å². The van der Waals surface area contributed by atoms with Crippen LogP contribution in [0.25, 0.3) is 5.69 Å². The lowest BCUT2D eigenvalue weighted by molar-refractivity contribution is 0.193. The predicted molar refractivity (Wildman–Crippen MR) is 119 cm³/mol. The number of anilines is 1. The molecule has 0 aliphatic carbocycles. The monoisotopic (exact) mass is 462 g/mol. The van der Waals surface area contributed by atoms with Gasteiger partial charge in [-0.2, -0.15) is 0 Å². The number of halogens is 1. The van der Waals surface area contributed by atoms with Crippen LogP contribution in [0, 0.1) is 0 Å². The van der Waals surface area contributed by atoms with Crippen LogP contribution in [-0.4, -0.2) is 57.9 Å². The van der Waals surface area contributed by atoms with Crippen LogP contribution in [0.1, 0.15) is 24.0 Å². The largest absolute Gasteiger partial charge is 0.494 e. The van der Waals surface area contributed by atoms with E-state index in [1.54, 1.807) is 26.6 Å². The maximum atomic E-state index is 5.84. The lowest BCUT2D eigenvalue weighted by Gasteiger charge is -2.18. The lowest BCUT2D eigenvalue weighted by Crippen LogP contribution is -2.12. The van der Waals surface area contributed by atoms with Crippen LogP contribution in [-0.2, 0) is 11.2 Å². The van der Waals surface area contributed by atoms with Crippen molar-refractivity contribution >= 4 is 29.5 Å². The highest BCUT2D eigenvalue weighted by atomic mass is 35.5. The first-order valence-electron chi connectivity index (χ1n) is 9.80. The first-order chi connectivity index (χ1) is 15.2. The minimum Gasteiger partial charge on any atom is -0.494 e. The molecule has 0 bridgehead atoms. The molecule has 4 rings (SSSR count). The molecule has 11 heteroatoms. The van der Waals surface area contributed by atoms with Crippen LogP contribution in [0.2, 0.25) is 5.02 Å². The molecule has 0 radical (unpaired) electrons. The van der Waals surface area contributed by atoms with E-state index in [1.807, 2.05) is 22.8 Å². The van der Waals surface area contributed by atoms with E-state index < -0.39 is 0 Å². The average molecular weight is 463 g/mol. The van der Waals surface area contributed by atoms with Gasteiger partial charge < -0.3 is 14.2 Å². The third kappa shape index (κ3) is 4.86. The number of para-hydroxylation sites is 1. The van der Waals surface area contributed by atoms with Crippen LogP contribution in [0.5, 0.6) is 11.5 Å². The second kappa shape index (κ2) is 10.2. The van der Waals surface area contributed by atoms with Gasteiger partial charge in [0.1, 0.15) is 28.8 Å². The Morgan fingerprint density at radius 1 is 1.19 bits per heavy atom. The van der Waals surface area contributed by atoms with Gasteiger partial charge >= 0.3 is 0 Å². The van der Waals surface area contributed by atoms with Crippen LogP contribution in [0.3, 0.4) is 0 Å². The normalized spacial score (nSPS) is 15.8. The van der Waals surface area contributed by atoms with E-state index in [0.717, 1.165) is 29.5 Å². The highest BCUT2D eigenvalue weighted by Crippen LogP contribution is 2.38. The number of nitrogens with one attached hydrogen (secondary N) is 1. The van der Waals surface area contributed by atoms with E-state index in [2.05, 4.69) is 24.9 Å². The molecule has 1 aliphatic rings. The molecule has 0 spiro atoms. The van der Waals surface area contributed by atoms with E-state index >= 15 is 0 Å². The fraction of sp³-hybridized carbons (Fsp3) is 0.400. The Labute approximate surface area is 189 Å². The van der Waals surface area contributed by atoms with Gasteiger partial charge in [-0.3, -0.25) is 9.29 Å². The molecule has 3 heterocycles. The van der Waals surface area contributed by atoms with Crippen LogP contribution >= 0.6 is 23.5 Å². The van der Waals surface area contributed by atoms with Gasteiger partial charge in [-0.15, -0.1) is 10.2 Å². The summed E-state index contributed by atoms with van der Waals surface area (Å²) in [6.07, 6.45) is 4.77. The van der Waals surface area contributed by atoms with E-state index in [0.29, 0.717) is 42.1 Å². The second-order valence-corrected chi connectivity index (χ2v) is 8.14. The number of methoxy groups -OCH3 is 2. The summed E-state index contributed by atoms with van der Waals surface area (Å²) in [7, 11) is 3.27. The van der Waals surface area contributed by atoms with Crippen molar-refractivity contribution in [1.29, 1.82) is 0 Å². The SMILES string of the molecule is COc1cccc(OC)c1-n1c(NSCCc2ncc(Cl)cn2)nnc1C1CCOC1. The highest BCUT2D eigenvalue weighted by Gasteiger charge is 2.28. The van der Waals surface area contributed by atoms with Crippen molar-refractivity contribution in [2.24, 2.45) is 0 Å². The van der Waals surface area contributed by atoms with Crippen molar-refractivity contribution in [1.82, 2.24) is 24.7 Å². The maximum absolute atomic E-state index is 5.84. The van der Waals surface area contributed by atoms with Crippen molar-refractivity contribution in [3.8, 4) is 17.2 Å². The summed E-state index contributed by atoms with van der Waals surface area (Å²) in [6.45, 7) is 1.32. The first-order valence-corrected chi connectivity index (χ1v) is 11.2. The molecular weight excluding hydrogens is 440 g/mol. The molecule has 1 aliphatic heterocycles. The Kier molecular flexibility index (Phi) is 7.10. The van der Waals surface area contributed by atoms with Crippen molar-refractivity contribution in [3.63, 3.8) is 0 Å². The predicted octanol–water partition coefficient (Wildman–Crippen LogP) is 3.53. The third-order valence-electron chi connectivity index (χ3n) is 4.87. The number of hydrogen-bond acceptors (Lipinski definition) is 9. The van der Waals surface area contributed by atoms with Gasteiger partial charge in [0.2, 0.25) is 5.95 Å². The molecule has 1 unspecified atom stereocenters. The summed E-state index contributed by atoms with van der Waals surface area (Å²) in [5.41, 5.74) is 0.753. The van der Waals surface area contributed by atoms with Gasteiger partial charge in [-0.05, 0) is 30.5 Å². The number of ether oxygens (including phenoxy) is 3. The van der Waals surface area contributed by atoms with Crippen LogP contribution < -0.4 is 14.2 Å². The molecular formula is C20H23ClN6O3S. The van der Waals surface area contributed by atoms with Crippen LogP contribution in [0.15, 0.2) is 30.6 Å². The summed E-state index contributed by atoms with van der Waals surface area (Å²) < 4.78 is 22.1. The standard InChI is InChI=1S/C20H23ClN6O3S/c1-28-15-4-3-5-16(29-2)18(15)27-19(13-6-8-30-12-13)24-25-20(27)26-31-9-7-17-22-10-14(21)11-23-17/h3-5,10-11,13H,6-9,12H2,1-2H3,(H,25,26). The number of hydrogen-bond donors (Lipinski definition) is 1. The molecule has 164 valence electrons. The third-order valence-corrected chi connectivity index (χ3v) is 5.80. The Morgan fingerprint density at radius 2 is 1.94 bits per heavy atom. The zero-order chi connectivity index (χ0) is 21.6. The molecule has 0 amide bonds. The summed E-state index contributed by atoms with van der Waals surface area (Å²) >= 11 is 7.34. The lowest BCUT2D eigenvalue weighted by atomic mass is 10.1. The molecule has 2 aromatic heterocycles. The van der Waals surface area contributed by atoms with Crippen molar-refractivity contribution < 1.29 is 14.2 Å². The number of benzene rings is 1. The highest BCUT2D eigenvalue weighted by molar-refractivity contribution is 8.00. The van der Waals surface area contributed by atoms with Gasteiger partial charge in [-0.1, -0.05) is 17.7 Å². The second-order valence-electron chi connectivity index (χ2n) is 6.81. The molecule has 1 fully saturated rings. The van der Waals surface area contributed by atoms with E-state index in [9.17, 15) is 0 Å². The fourth-order valence-corrected chi connectivity index (χ4v) is 4.11. The fourth-order valence-electron chi connectivity index (χ4n) is 3.36. The number of aryl methyl sites for hydroxylation is 1. The summed E-state index contributed by atoms with van der Waals surface area (Å²) in [5.74, 6) is 4.35. The van der Waals surface area contributed by atoms with E-state index in [-0.39, 0.29) is 5.92 Å². The van der Waals surface area contributed by atoms with Crippen molar-refractivity contribution in [2.45, 2.75) is 18.8 Å². The zero-order valence-electron chi connectivity index (χ0n) is 17.2. The van der Waals surface area contributed by atoms with Crippen LogP contribution in [0.4, 0.5) is 5.95 Å². The molecule has 3 aromatic rings. The Bertz CT molecular complexity index is 988. The molecule has 1 aromatic carbocycles. The molecule has 0 saturated carbocycles. The Balaban J connectivity index is 1.59. The average Bonchev–Trinajstić information content (AvgIpc) is 3.47. The first kappa shape index (κ1) is 21.7. The summed E-state index contributed by atoms with van der Waals surface area (Å²) in [6, 6.07) is 5.67. The maximum Gasteiger partial charge on any atom is 0.239 e. The number of rotatable bonds is 9. The molecule has 1 saturated heterocycles. The molecule has 1 atom stereocenters. The van der Waals surface area contributed by atoms with Crippen molar-refractivity contribution in [2.75, 3.05) is 37.9 Å². The molecule has 9 nitrogen and oxygen atoms in total. The minimum absolute atomic E-state index is 0.144.